The van der Waals surface area contributed by atoms with Crippen LogP contribution in [-0.4, -0.2) is 44.2 Å². The molecule has 0 aliphatic heterocycles. The van der Waals surface area contributed by atoms with Crippen LogP contribution < -0.4 is 35.6 Å². The third kappa shape index (κ3) is 5.42. The van der Waals surface area contributed by atoms with E-state index in [2.05, 4.69) is 20.9 Å². The van der Waals surface area contributed by atoms with Crippen LogP contribution in [0.4, 0.5) is 10.8 Å². The summed E-state index contributed by atoms with van der Waals surface area (Å²) in [6.45, 7) is 3.11. The van der Waals surface area contributed by atoms with Gasteiger partial charge >= 0.3 is 0 Å². The highest BCUT2D eigenvalue weighted by Crippen LogP contribution is 2.50. The minimum atomic E-state index is -0.717. The molecule has 2 amide bonds. The molecule has 0 spiro atoms. The van der Waals surface area contributed by atoms with Gasteiger partial charge in [-0.1, -0.05) is 6.07 Å². The minimum Gasteiger partial charge on any atom is -0.493 e. The second-order valence-electron chi connectivity index (χ2n) is 8.79. The third-order valence-electron chi connectivity index (χ3n) is 6.34. The van der Waals surface area contributed by atoms with Gasteiger partial charge in [-0.25, -0.2) is 4.98 Å². The molecule has 3 N–H and O–H groups in total. The van der Waals surface area contributed by atoms with E-state index in [1.54, 1.807) is 44.9 Å². The van der Waals surface area contributed by atoms with Crippen molar-refractivity contribution in [3.8, 4) is 28.4 Å². The van der Waals surface area contributed by atoms with Crippen molar-refractivity contribution in [1.29, 1.82) is 0 Å². The monoisotopic (exact) mass is 538 g/mol. The number of methoxy groups -OCH3 is 3. The molecule has 0 radical (unpaired) electrons. The number of rotatable bonds is 8. The summed E-state index contributed by atoms with van der Waals surface area (Å²) >= 11 is 1.30. The molecule has 2 atom stereocenters. The summed E-state index contributed by atoms with van der Waals surface area (Å²) in [7, 11) is 4.64. The topological polar surface area (TPSA) is 128 Å². The Morgan fingerprint density at radius 1 is 1.11 bits per heavy atom. The molecule has 1 aliphatic carbocycles. The number of ether oxygens (including phenoxy) is 3. The molecule has 10 nitrogen and oxygen atoms in total. The number of nitrogens with one attached hydrogen (secondary N) is 3. The van der Waals surface area contributed by atoms with E-state index in [-0.39, 0.29) is 22.9 Å². The lowest BCUT2D eigenvalue weighted by molar-refractivity contribution is -0.119. The van der Waals surface area contributed by atoms with E-state index in [0.717, 1.165) is 11.1 Å². The molecule has 0 unspecified atom stereocenters. The van der Waals surface area contributed by atoms with Crippen LogP contribution in [0.2, 0.25) is 0 Å². The summed E-state index contributed by atoms with van der Waals surface area (Å²) in [6.07, 6.45) is 2.75. The first-order valence-electron chi connectivity index (χ1n) is 12.0. The van der Waals surface area contributed by atoms with Gasteiger partial charge in [0.25, 0.3) is 0 Å². The Labute approximate surface area is 224 Å². The first kappa shape index (κ1) is 26.9. The molecule has 0 saturated carbocycles. The standard InChI is InChI=1S/C27H30N4O6S/c1-14(26(34)31-27-28-10-11-38-27)29-20-9-7-17-18(13-21(20)33)19(30-15(2)32)8-6-16-12-22(35-3)24(36-4)25(37-5)23(16)17/h7,9-14,19H,6,8H2,1-5H3,(H,29,33)(H,30,32)(H,28,31,34)/t14-,19-/m0/s1. The van der Waals surface area contributed by atoms with Crippen LogP contribution >= 0.6 is 11.3 Å². The molecule has 3 aromatic rings. The highest BCUT2D eigenvalue weighted by molar-refractivity contribution is 7.13. The average molecular weight is 539 g/mol. The van der Waals surface area contributed by atoms with Crippen molar-refractivity contribution in [3.63, 3.8) is 0 Å². The molecule has 1 aromatic heterocycles. The number of amides is 2. The van der Waals surface area contributed by atoms with Gasteiger partial charge in [0.2, 0.25) is 23.0 Å². The Bertz CT molecular complexity index is 1410. The summed E-state index contributed by atoms with van der Waals surface area (Å²) < 4.78 is 17.0. The Morgan fingerprint density at radius 3 is 2.50 bits per heavy atom. The Hall–Kier alpha value is -4.12. The SMILES string of the molecule is COc1cc2c(c(OC)c1OC)-c1ccc(N[C@@H](C)C(=O)Nc3nccs3)c(=O)cc1[C@@H](NC(C)=O)CC2. The Kier molecular flexibility index (Phi) is 8.16. The number of hydrogen-bond donors (Lipinski definition) is 3. The molecule has 4 rings (SSSR count). The van der Waals surface area contributed by atoms with Gasteiger partial charge in [-0.3, -0.25) is 14.4 Å². The fraction of sp³-hybridized carbons (Fsp3) is 0.333. The normalized spacial score (nSPS) is 14.7. The van der Waals surface area contributed by atoms with Crippen molar-refractivity contribution in [2.24, 2.45) is 0 Å². The molecule has 0 bridgehead atoms. The van der Waals surface area contributed by atoms with E-state index in [1.165, 1.54) is 31.4 Å². The lowest BCUT2D eigenvalue weighted by atomic mass is 9.95. The number of thiazole rings is 1. The molecule has 200 valence electrons. The van der Waals surface area contributed by atoms with Crippen molar-refractivity contribution in [2.45, 2.75) is 38.8 Å². The second kappa shape index (κ2) is 11.5. The van der Waals surface area contributed by atoms with Gasteiger partial charge in [-0.15, -0.1) is 11.3 Å². The van der Waals surface area contributed by atoms with Crippen molar-refractivity contribution in [2.75, 3.05) is 32.0 Å². The smallest absolute Gasteiger partial charge is 0.248 e. The van der Waals surface area contributed by atoms with E-state index in [4.69, 9.17) is 14.2 Å². The molecular formula is C27H30N4O6S. The fourth-order valence-corrected chi connectivity index (χ4v) is 5.16. The van der Waals surface area contributed by atoms with Crippen LogP contribution in [-0.2, 0) is 16.0 Å². The van der Waals surface area contributed by atoms with Crippen LogP contribution in [0.15, 0.2) is 40.6 Å². The first-order valence-corrected chi connectivity index (χ1v) is 12.9. The number of nitrogens with zero attached hydrogens (tertiary/aromatic N) is 1. The zero-order valence-corrected chi connectivity index (χ0v) is 22.7. The number of aromatic nitrogens is 1. The van der Waals surface area contributed by atoms with Gasteiger partial charge in [0, 0.05) is 24.1 Å². The maximum absolute atomic E-state index is 13.4. The molecule has 0 saturated heterocycles. The molecule has 0 fully saturated rings. The van der Waals surface area contributed by atoms with E-state index in [0.29, 0.717) is 46.3 Å². The lowest BCUT2D eigenvalue weighted by Crippen LogP contribution is -2.33. The van der Waals surface area contributed by atoms with Crippen LogP contribution in [0.25, 0.3) is 11.1 Å². The zero-order valence-electron chi connectivity index (χ0n) is 21.8. The summed E-state index contributed by atoms with van der Waals surface area (Å²) in [5.41, 5.74) is 2.95. The largest absolute Gasteiger partial charge is 0.493 e. The number of fused-ring (bicyclic) bond motifs is 3. The number of anilines is 2. The number of benzene rings is 1. The number of carbonyl (C=O) groups excluding carboxylic acids is 2. The van der Waals surface area contributed by atoms with E-state index < -0.39 is 12.1 Å². The van der Waals surface area contributed by atoms with Crippen LogP contribution in [0.5, 0.6) is 17.2 Å². The number of aryl methyl sites for hydroxylation is 1. The van der Waals surface area contributed by atoms with Crippen molar-refractivity contribution >= 4 is 34.0 Å². The van der Waals surface area contributed by atoms with Gasteiger partial charge in [-0.2, -0.15) is 0 Å². The van der Waals surface area contributed by atoms with Gasteiger partial charge in [0.15, 0.2) is 16.6 Å². The van der Waals surface area contributed by atoms with Gasteiger partial charge in [0.05, 0.1) is 33.1 Å². The van der Waals surface area contributed by atoms with E-state index in [9.17, 15) is 14.4 Å². The number of carbonyl (C=O) groups is 2. The Morgan fingerprint density at radius 2 is 1.87 bits per heavy atom. The van der Waals surface area contributed by atoms with Crippen molar-refractivity contribution < 1.29 is 23.8 Å². The quantitative estimate of drug-likeness (QED) is 0.396. The maximum atomic E-state index is 13.4. The second-order valence-corrected chi connectivity index (χ2v) is 9.68. The summed E-state index contributed by atoms with van der Waals surface area (Å²) in [6, 6.07) is 5.71. The minimum absolute atomic E-state index is 0.209. The third-order valence-corrected chi connectivity index (χ3v) is 7.03. The zero-order chi connectivity index (χ0) is 27.4. The first-order chi connectivity index (χ1) is 18.3. The van der Waals surface area contributed by atoms with Crippen LogP contribution in [0.1, 0.15) is 37.4 Å². The van der Waals surface area contributed by atoms with E-state index >= 15 is 0 Å². The molecule has 11 heteroatoms. The molecule has 1 heterocycles. The average Bonchev–Trinajstić information content (AvgIpc) is 3.30. The highest BCUT2D eigenvalue weighted by Gasteiger charge is 2.29. The van der Waals surface area contributed by atoms with Crippen molar-refractivity contribution in [1.82, 2.24) is 10.3 Å². The van der Waals surface area contributed by atoms with Gasteiger partial charge in [-0.05, 0) is 54.7 Å². The van der Waals surface area contributed by atoms with Crippen LogP contribution in [0, 0.1) is 0 Å². The summed E-state index contributed by atoms with van der Waals surface area (Å²) in [5, 5.41) is 11.0. The van der Waals surface area contributed by atoms with Crippen LogP contribution in [0.3, 0.4) is 0 Å². The Balaban J connectivity index is 1.84. The fourth-order valence-electron chi connectivity index (χ4n) is 4.62. The predicted molar refractivity (Wildman–Crippen MR) is 147 cm³/mol. The highest BCUT2D eigenvalue weighted by atomic mass is 32.1. The predicted octanol–water partition coefficient (Wildman–Crippen LogP) is 3.76. The van der Waals surface area contributed by atoms with Crippen molar-refractivity contribution in [3.05, 3.63) is 57.2 Å². The van der Waals surface area contributed by atoms with E-state index in [1.807, 2.05) is 6.07 Å². The molecular weight excluding hydrogens is 508 g/mol. The summed E-state index contributed by atoms with van der Waals surface area (Å²) in [4.78, 5) is 42.2. The van der Waals surface area contributed by atoms with Gasteiger partial charge in [0.1, 0.15) is 6.04 Å². The number of hydrogen-bond acceptors (Lipinski definition) is 9. The molecule has 2 aromatic carbocycles. The lowest BCUT2D eigenvalue weighted by Gasteiger charge is -2.19. The molecule has 1 aliphatic rings. The van der Waals surface area contributed by atoms with Gasteiger partial charge < -0.3 is 30.2 Å². The molecule has 38 heavy (non-hydrogen) atoms. The summed E-state index contributed by atoms with van der Waals surface area (Å²) in [5.74, 6) is 0.884. The maximum Gasteiger partial charge on any atom is 0.248 e.